The molecule has 86 valence electrons. The summed E-state index contributed by atoms with van der Waals surface area (Å²) in [6.07, 6.45) is 3.44. The number of hydrogen-bond acceptors (Lipinski definition) is 4. The third-order valence-electron chi connectivity index (χ3n) is 2.58. The molecule has 0 amide bonds. The van der Waals surface area contributed by atoms with Crippen LogP contribution in [0.4, 0.5) is 0 Å². The van der Waals surface area contributed by atoms with E-state index in [-0.39, 0.29) is 6.04 Å². The minimum atomic E-state index is 0.226. The predicted molar refractivity (Wildman–Crippen MR) is 59.6 cm³/mol. The Morgan fingerprint density at radius 1 is 1.60 bits per heavy atom. The van der Waals surface area contributed by atoms with Crippen LogP contribution in [0.3, 0.4) is 0 Å². The average molecular weight is 212 g/mol. The van der Waals surface area contributed by atoms with E-state index >= 15 is 0 Å². The number of methoxy groups -OCH3 is 1. The molecule has 1 rings (SSSR count). The van der Waals surface area contributed by atoms with E-state index in [0.717, 1.165) is 25.3 Å². The molecule has 0 radical (unpaired) electrons. The van der Waals surface area contributed by atoms with Gasteiger partial charge in [0.05, 0.1) is 25.2 Å². The summed E-state index contributed by atoms with van der Waals surface area (Å²) in [5.41, 5.74) is 6.92. The second kappa shape index (κ2) is 6.61. The Bertz CT molecular complexity index is 249. The summed E-state index contributed by atoms with van der Waals surface area (Å²) < 4.78 is 10.2. The van der Waals surface area contributed by atoms with Gasteiger partial charge in [-0.25, -0.2) is 0 Å². The highest BCUT2D eigenvalue weighted by atomic mass is 16.5. The summed E-state index contributed by atoms with van der Waals surface area (Å²) in [5.74, 6) is 0. The summed E-state index contributed by atoms with van der Waals surface area (Å²) in [6, 6.07) is 2.19. The van der Waals surface area contributed by atoms with Crippen LogP contribution in [0.15, 0.2) is 23.0 Å². The summed E-state index contributed by atoms with van der Waals surface area (Å²) in [7, 11) is 1.71. The van der Waals surface area contributed by atoms with Gasteiger partial charge >= 0.3 is 0 Å². The van der Waals surface area contributed by atoms with Gasteiger partial charge in [-0.15, -0.1) is 0 Å². The number of nitrogens with two attached hydrogens (primary N) is 1. The van der Waals surface area contributed by atoms with Crippen LogP contribution in [0.5, 0.6) is 0 Å². The normalized spacial score (nSPS) is 13.3. The zero-order chi connectivity index (χ0) is 11.1. The fraction of sp³-hybridized carbons (Fsp3) is 0.636. The maximum Gasteiger partial charge on any atom is 0.0950 e. The lowest BCUT2D eigenvalue weighted by molar-refractivity contribution is 0.125. The van der Waals surface area contributed by atoms with Gasteiger partial charge in [0.1, 0.15) is 0 Å². The Hall–Kier alpha value is -0.840. The zero-order valence-electron chi connectivity index (χ0n) is 9.48. The molecule has 0 bridgehead atoms. The first-order valence-electron chi connectivity index (χ1n) is 5.28. The highest BCUT2D eigenvalue weighted by molar-refractivity contribution is 5.12. The largest absolute Gasteiger partial charge is 0.472 e. The van der Waals surface area contributed by atoms with Crippen molar-refractivity contribution in [3.05, 3.63) is 24.2 Å². The van der Waals surface area contributed by atoms with E-state index in [0.29, 0.717) is 6.54 Å². The molecule has 0 saturated carbocycles. The average Bonchev–Trinajstić information content (AvgIpc) is 2.77. The number of furan rings is 1. The molecule has 0 saturated heterocycles. The summed E-state index contributed by atoms with van der Waals surface area (Å²) in [6.45, 7) is 5.29. The topological polar surface area (TPSA) is 51.6 Å². The maximum absolute atomic E-state index is 5.79. The number of ether oxygens (including phenoxy) is 1. The van der Waals surface area contributed by atoms with Crippen molar-refractivity contribution in [3.8, 4) is 0 Å². The van der Waals surface area contributed by atoms with Crippen molar-refractivity contribution in [2.45, 2.75) is 13.0 Å². The molecular weight excluding hydrogens is 192 g/mol. The van der Waals surface area contributed by atoms with Gasteiger partial charge in [-0.1, -0.05) is 6.92 Å². The van der Waals surface area contributed by atoms with Gasteiger partial charge in [0.25, 0.3) is 0 Å². The van der Waals surface area contributed by atoms with Crippen LogP contribution in [-0.2, 0) is 4.74 Å². The van der Waals surface area contributed by atoms with Gasteiger partial charge in [-0.2, -0.15) is 0 Å². The first-order chi connectivity index (χ1) is 7.33. The molecular formula is C11H20N2O2. The molecule has 0 fully saturated rings. The molecule has 1 heterocycles. The standard InChI is InChI=1S/C11H20N2O2/c1-3-13(5-7-14-2)11(8-12)10-4-6-15-9-10/h4,6,9,11H,3,5,7-8,12H2,1-2H3. The molecule has 2 N–H and O–H groups in total. The van der Waals surface area contributed by atoms with Crippen molar-refractivity contribution in [1.82, 2.24) is 4.90 Å². The zero-order valence-corrected chi connectivity index (χ0v) is 9.48. The van der Waals surface area contributed by atoms with E-state index in [9.17, 15) is 0 Å². The van der Waals surface area contributed by atoms with Crippen LogP contribution in [0.1, 0.15) is 18.5 Å². The summed E-state index contributed by atoms with van der Waals surface area (Å²) >= 11 is 0. The fourth-order valence-corrected chi connectivity index (χ4v) is 1.70. The number of rotatable bonds is 7. The molecule has 4 heteroatoms. The number of nitrogens with zero attached hydrogens (tertiary/aromatic N) is 1. The number of likely N-dealkylation sites (N-methyl/N-ethyl adjacent to an activating group) is 1. The highest BCUT2D eigenvalue weighted by Gasteiger charge is 2.17. The van der Waals surface area contributed by atoms with Gasteiger partial charge in [-0.05, 0) is 12.6 Å². The van der Waals surface area contributed by atoms with Crippen molar-refractivity contribution in [2.24, 2.45) is 5.73 Å². The van der Waals surface area contributed by atoms with Gasteiger partial charge in [0.2, 0.25) is 0 Å². The van der Waals surface area contributed by atoms with E-state index in [2.05, 4.69) is 11.8 Å². The molecule has 0 aliphatic rings. The number of hydrogen-bond donors (Lipinski definition) is 1. The Balaban J connectivity index is 2.62. The first kappa shape index (κ1) is 12.2. The van der Waals surface area contributed by atoms with Crippen LogP contribution in [-0.4, -0.2) is 38.3 Å². The van der Waals surface area contributed by atoms with E-state index in [4.69, 9.17) is 14.9 Å². The molecule has 15 heavy (non-hydrogen) atoms. The highest BCUT2D eigenvalue weighted by Crippen LogP contribution is 2.19. The Morgan fingerprint density at radius 3 is 2.87 bits per heavy atom. The van der Waals surface area contributed by atoms with Crippen molar-refractivity contribution < 1.29 is 9.15 Å². The van der Waals surface area contributed by atoms with E-state index in [1.165, 1.54) is 0 Å². The molecule has 1 atom stereocenters. The third kappa shape index (κ3) is 3.34. The molecule has 0 aliphatic carbocycles. The molecule has 0 aromatic carbocycles. The maximum atomic E-state index is 5.79. The third-order valence-corrected chi connectivity index (χ3v) is 2.58. The lowest BCUT2D eigenvalue weighted by atomic mass is 10.1. The molecule has 0 spiro atoms. The smallest absolute Gasteiger partial charge is 0.0950 e. The van der Waals surface area contributed by atoms with Gasteiger partial charge < -0.3 is 14.9 Å². The van der Waals surface area contributed by atoms with E-state index in [1.54, 1.807) is 19.6 Å². The minimum Gasteiger partial charge on any atom is -0.472 e. The first-order valence-corrected chi connectivity index (χ1v) is 5.28. The van der Waals surface area contributed by atoms with E-state index < -0.39 is 0 Å². The van der Waals surface area contributed by atoms with Crippen LogP contribution in [0.25, 0.3) is 0 Å². The quantitative estimate of drug-likeness (QED) is 0.739. The van der Waals surface area contributed by atoms with Gasteiger partial charge in [0, 0.05) is 25.8 Å². The van der Waals surface area contributed by atoms with E-state index in [1.807, 2.05) is 6.07 Å². The predicted octanol–water partition coefficient (Wildman–Crippen LogP) is 1.25. The van der Waals surface area contributed by atoms with Crippen molar-refractivity contribution in [2.75, 3.05) is 33.4 Å². The second-order valence-corrected chi connectivity index (χ2v) is 3.43. The van der Waals surface area contributed by atoms with Crippen molar-refractivity contribution >= 4 is 0 Å². The molecule has 4 nitrogen and oxygen atoms in total. The molecule has 1 unspecified atom stereocenters. The van der Waals surface area contributed by atoms with Crippen LogP contribution < -0.4 is 5.73 Å². The SMILES string of the molecule is CCN(CCOC)C(CN)c1ccoc1. The van der Waals surface area contributed by atoms with Crippen molar-refractivity contribution in [1.29, 1.82) is 0 Å². The van der Waals surface area contributed by atoms with Crippen LogP contribution in [0, 0.1) is 0 Å². The van der Waals surface area contributed by atoms with Gasteiger partial charge in [0.15, 0.2) is 0 Å². The Morgan fingerprint density at radius 2 is 2.40 bits per heavy atom. The lowest BCUT2D eigenvalue weighted by Gasteiger charge is -2.28. The monoisotopic (exact) mass is 212 g/mol. The van der Waals surface area contributed by atoms with Crippen LogP contribution >= 0.6 is 0 Å². The summed E-state index contributed by atoms with van der Waals surface area (Å²) in [4.78, 5) is 2.29. The minimum absolute atomic E-state index is 0.226. The molecule has 1 aromatic rings. The van der Waals surface area contributed by atoms with Crippen LogP contribution in [0.2, 0.25) is 0 Å². The lowest BCUT2D eigenvalue weighted by Crippen LogP contribution is -2.35. The second-order valence-electron chi connectivity index (χ2n) is 3.43. The fourth-order valence-electron chi connectivity index (χ4n) is 1.70. The molecule has 1 aromatic heterocycles. The summed E-state index contributed by atoms with van der Waals surface area (Å²) in [5, 5.41) is 0. The Labute approximate surface area is 91.0 Å². The van der Waals surface area contributed by atoms with Gasteiger partial charge in [-0.3, -0.25) is 4.90 Å². The Kier molecular flexibility index (Phi) is 5.39. The van der Waals surface area contributed by atoms with Crippen molar-refractivity contribution in [3.63, 3.8) is 0 Å². The molecule has 0 aliphatic heterocycles.